The van der Waals surface area contributed by atoms with Gasteiger partial charge in [-0.05, 0) is 12.1 Å². The lowest BCUT2D eigenvalue weighted by atomic mass is 10.2. The molecule has 0 aliphatic carbocycles. The number of methoxy groups -OCH3 is 1. The third-order valence-corrected chi connectivity index (χ3v) is 2.16. The van der Waals surface area contributed by atoms with Gasteiger partial charge in [0.15, 0.2) is 0 Å². The van der Waals surface area contributed by atoms with Crippen molar-refractivity contribution in [1.29, 1.82) is 0 Å². The summed E-state index contributed by atoms with van der Waals surface area (Å²) in [5.41, 5.74) is 0.681. The standard InChI is InChI=1S/C10H12FNO2/c1-13-10-3-2-7(11)4-9(10)12-8-5-14-6-8/h2-4,8,12H,5-6H2,1H3. The molecule has 0 spiro atoms. The third kappa shape index (κ3) is 1.80. The first-order chi connectivity index (χ1) is 6.79. The van der Waals surface area contributed by atoms with Crippen LogP contribution in [0.15, 0.2) is 18.2 Å². The summed E-state index contributed by atoms with van der Waals surface area (Å²) in [5, 5.41) is 3.15. The van der Waals surface area contributed by atoms with Crippen molar-refractivity contribution in [2.75, 3.05) is 25.6 Å². The summed E-state index contributed by atoms with van der Waals surface area (Å²) in [6.45, 7) is 1.33. The van der Waals surface area contributed by atoms with Crippen molar-refractivity contribution < 1.29 is 13.9 Å². The summed E-state index contributed by atoms with van der Waals surface area (Å²) >= 11 is 0. The van der Waals surface area contributed by atoms with Gasteiger partial charge in [0.2, 0.25) is 0 Å². The maximum absolute atomic E-state index is 12.9. The zero-order valence-electron chi connectivity index (χ0n) is 7.92. The summed E-state index contributed by atoms with van der Waals surface area (Å²) in [6.07, 6.45) is 0. The Morgan fingerprint density at radius 3 is 2.86 bits per heavy atom. The molecule has 2 rings (SSSR count). The predicted molar refractivity (Wildman–Crippen MR) is 51.2 cm³/mol. The molecular weight excluding hydrogens is 185 g/mol. The lowest BCUT2D eigenvalue weighted by molar-refractivity contribution is 0.0210. The molecule has 0 radical (unpaired) electrons. The molecule has 76 valence electrons. The van der Waals surface area contributed by atoms with Crippen LogP contribution in [0.1, 0.15) is 0 Å². The highest BCUT2D eigenvalue weighted by Gasteiger charge is 2.19. The number of nitrogens with one attached hydrogen (secondary N) is 1. The van der Waals surface area contributed by atoms with E-state index in [1.165, 1.54) is 12.1 Å². The van der Waals surface area contributed by atoms with E-state index < -0.39 is 0 Å². The molecule has 1 heterocycles. The van der Waals surface area contributed by atoms with Crippen molar-refractivity contribution in [3.8, 4) is 5.75 Å². The second kappa shape index (κ2) is 3.84. The molecule has 1 aliphatic rings. The van der Waals surface area contributed by atoms with Gasteiger partial charge in [-0.25, -0.2) is 4.39 Å². The number of hydrogen-bond acceptors (Lipinski definition) is 3. The first-order valence-electron chi connectivity index (χ1n) is 4.47. The fourth-order valence-corrected chi connectivity index (χ4v) is 1.33. The average molecular weight is 197 g/mol. The number of halogens is 1. The van der Waals surface area contributed by atoms with Gasteiger partial charge in [-0.1, -0.05) is 0 Å². The lowest BCUT2D eigenvalue weighted by Crippen LogP contribution is -2.40. The Kier molecular flexibility index (Phi) is 2.54. The average Bonchev–Trinajstić information content (AvgIpc) is 2.12. The second-order valence-electron chi connectivity index (χ2n) is 3.22. The highest BCUT2D eigenvalue weighted by Crippen LogP contribution is 2.26. The second-order valence-corrected chi connectivity index (χ2v) is 3.22. The van der Waals surface area contributed by atoms with Crippen molar-refractivity contribution in [1.82, 2.24) is 0 Å². The van der Waals surface area contributed by atoms with Crippen LogP contribution in [0.4, 0.5) is 10.1 Å². The SMILES string of the molecule is COc1ccc(F)cc1NC1COC1. The van der Waals surface area contributed by atoms with Gasteiger partial charge < -0.3 is 14.8 Å². The molecule has 0 atom stereocenters. The van der Waals surface area contributed by atoms with E-state index in [2.05, 4.69) is 5.32 Å². The summed E-state index contributed by atoms with van der Waals surface area (Å²) < 4.78 is 23.0. The Hall–Kier alpha value is -1.29. The summed E-state index contributed by atoms with van der Waals surface area (Å²) in [7, 11) is 1.57. The van der Waals surface area contributed by atoms with E-state index in [0.29, 0.717) is 24.7 Å². The van der Waals surface area contributed by atoms with Gasteiger partial charge in [0, 0.05) is 6.07 Å². The zero-order chi connectivity index (χ0) is 9.97. The summed E-state index contributed by atoms with van der Waals surface area (Å²) in [5.74, 6) is 0.381. The molecule has 1 aromatic rings. The number of ether oxygens (including phenoxy) is 2. The first kappa shape index (κ1) is 9.27. The van der Waals surface area contributed by atoms with E-state index in [1.807, 2.05) is 0 Å². The molecule has 1 aromatic carbocycles. The van der Waals surface area contributed by atoms with E-state index in [9.17, 15) is 4.39 Å². The van der Waals surface area contributed by atoms with Crippen molar-refractivity contribution in [2.24, 2.45) is 0 Å². The van der Waals surface area contributed by atoms with Gasteiger partial charge in [0.05, 0.1) is 32.1 Å². The molecule has 1 fully saturated rings. The molecule has 0 saturated carbocycles. The van der Waals surface area contributed by atoms with Crippen LogP contribution in [-0.2, 0) is 4.74 Å². The van der Waals surface area contributed by atoms with Crippen LogP contribution in [0, 0.1) is 5.82 Å². The molecule has 0 amide bonds. The zero-order valence-corrected chi connectivity index (χ0v) is 7.92. The third-order valence-electron chi connectivity index (χ3n) is 2.16. The molecule has 0 bridgehead atoms. The quantitative estimate of drug-likeness (QED) is 0.799. The number of anilines is 1. The molecule has 3 nitrogen and oxygen atoms in total. The topological polar surface area (TPSA) is 30.5 Å². The smallest absolute Gasteiger partial charge is 0.142 e. The Labute approximate surface area is 81.8 Å². The summed E-state index contributed by atoms with van der Waals surface area (Å²) in [6, 6.07) is 4.68. The van der Waals surface area contributed by atoms with Gasteiger partial charge >= 0.3 is 0 Å². The van der Waals surface area contributed by atoms with Crippen LogP contribution in [0.3, 0.4) is 0 Å². The van der Waals surface area contributed by atoms with Gasteiger partial charge in [-0.2, -0.15) is 0 Å². The van der Waals surface area contributed by atoms with E-state index >= 15 is 0 Å². The molecule has 14 heavy (non-hydrogen) atoms. The first-order valence-corrected chi connectivity index (χ1v) is 4.47. The van der Waals surface area contributed by atoms with Crippen LogP contribution in [0.25, 0.3) is 0 Å². The molecule has 1 N–H and O–H groups in total. The van der Waals surface area contributed by atoms with Crippen LogP contribution in [0.2, 0.25) is 0 Å². The van der Waals surface area contributed by atoms with Crippen LogP contribution >= 0.6 is 0 Å². The molecule has 0 aromatic heterocycles. The fourth-order valence-electron chi connectivity index (χ4n) is 1.33. The number of rotatable bonds is 3. The van der Waals surface area contributed by atoms with E-state index in [-0.39, 0.29) is 11.9 Å². The van der Waals surface area contributed by atoms with Crippen molar-refractivity contribution in [3.05, 3.63) is 24.0 Å². The Balaban J connectivity index is 2.15. The predicted octanol–water partition coefficient (Wildman–Crippen LogP) is 1.64. The molecular formula is C10H12FNO2. The minimum Gasteiger partial charge on any atom is -0.495 e. The number of hydrogen-bond donors (Lipinski definition) is 1. The van der Waals surface area contributed by atoms with Crippen molar-refractivity contribution in [3.63, 3.8) is 0 Å². The summed E-state index contributed by atoms with van der Waals surface area (Å²) in [4.78, 5) is 0. The van der Waals surface area contributed by atoms with Gasteiger partial charge in [0.25, 0.3) is 0 Å². The van der Waals surface area contributed by atoms with Gasteiger partial charge in [-0.15, -0.1) is 0 Å². The highest BCUT2D eigenvalue weighted by atomic mass is 19.1. The maximum atomic E-state index is 12.9. The maximum Gasteiger partial charge on any atom is 0.142 e. The normalized spacial score (nSPS) is 16.1. The highest BCUT2D eigenvalue weighted by molar-refractivity contribution is 5.57. The van der Waals surface area contributed by atoms with E-state index in [1.54, 1.807) is 13.2 Å². The monoisotopic (exact) mass is 197 g/mol. The Bertz CT molecular complexity index is 326. The van der Waals surface area contributed by atoms with Gasteiger partial charge in [-0.3, -0.25) is 0 Å². The lowest BCUT2D eigenvalue weighted by Gasteiger charge is -2.28. The molecule has 1 aliphatic heterocycles. The largest absolute Gasteiger partial charge is 0.495 e. The Morgan fingerprint density at radius 1 is 1.50 bits per heavy atom. The minimum atomic E-state index is -0.270. The van der Waals surface area contributed by atoms with E-state index in [0.717, 1.165) is 0 Å². The molecule has 4 heteroatoms. The fraction of sp³-hybridized carbons (Fsp3) is 0.400. The van der Waals surface area contributed by atoms with Crippen molar-refractivity contribution in [2.45, 2.75) is 6.04 Å². The van der Waals surface area contributed by atoms with E-state index in [4.69, 9.17) is 9.47 Å². The minimum absolute atomic E-state index is 0.269. The van der Waals surface area contributed by atoms with Crippen LogP contribution in [0.5, 0.6) is 5.75 Å². The van der Waals surface area contributed by atoms with Gasteiger partial charge in [0.1, 0.15) is 11.6 Å². The molecule has 0 unspecified atom stereocenters. The molecule has 1 saturated heterocycles. The van der Waals surface area contributed by atoms with Crippen LogP contribution < -0.4 is 10.1 Å². The van der Waals surface area contributed by atoms with Crippen molar-refractivity contribution >= 4 is 5.69 Å². The number of benzene rings is 1. The van der Waals surface area contributed by atoms with Crippen LogP contribution in [-0.4, -0.2) is 26.4 Å². The Morgan fingerprint density at radius 2 is 2.29 bits per heavy atom.